The number of hydrogen-bond acceptors (Lipinski definition) is 7. The van der Waals surface area contributed by atoms with E-state index in [1.807, 2.05) is 30.3 Å². The van der Waals surface area contributed by atoms with Crippen molar-refractivity contribution in [3.63, 3.8) is 0 Å². The van der Waals surface area contributed by atoms with Gasteiger partial charge in [-0.3, -0.25) is 14.4 Å². The third-order valence-electron chi connectivity index (χ3n) is 5.07. The molecule has 3 N–H and O–H groups in total. The first-order valence-electron chi connectivity index (χ1n) is 11.4. The van der Waals surface area contributed by atoms with Crippen LogP contribution < -0.4 is 30.3 Å². The molecule has 0 aromatic heterocycles. The molecule has 0 saturated heterocycles. The van der Waals surface area contributed by atoms with Crippen molar-refractivity contribution in [1.82, 2.24) is 10.7 Å². The van der Waals surface area contributed by atoms with E-state index in [0.29, 0.717) is 35.0 Å². The third kappa shape index (κ3) is 8.70. The summed E-state index contributed by atoms with van der Waals surface area (Å²) in [5.41, 5.74) is 4.28. The molecule has 0 fully saturated rings. The Labute approximate surface area is 214 Å². The number of carbonyl (C=O) groups excluding carboxylic acids is 3. The van der Waals surface area contributed by atoms with Crippen molar-refractivity contribution in [3.8, 4) is 17.2 Å². The van der Waals surface area contributed by atoms with E-state index in [1.54, 1.807) is 42.5 Å². The van der Waals surface area contributed by atoms with Crippen LogP contribution in [0.4, 0.5) is 5.69 Å². The van der Waals surface area contributed by atoms with Gasteiger partial charge in [0, 0.05) is 12.6 Å². The van der Waals surface area contributed by atoms with Crippen LogP contribution in [0.25, 0.3) is 0 Å². The standard InChI is InChI=1S/C27H28N4O6/c1-35-22-12-13-23(24(16-22)36-2)30-26(33)27(34)31-29-17-20-8-10-21(11-9-20)37-18-25(32)28-15-14-19-6-4-3-5-7-19/h3-13,16-17H,14-15,18H2,1-2H3,(H,28,32)(H,30,33)(H,31,34)/b29-17-. The van der Waals surface area contributed by atoms with Gasteiger partial charge in [-0.1, -0.05) is 30.3 Å². The number of methoxy groups -OCH3 is 2. The number of hydrogen-bond donors (Lipinski definition) is 3. The molecule has 0 aliphatic heterocycles. The number of hydrazone groups is 1. The van der Waals surface area contributed by atoms with Crippen LogP contribution in [0, 0.1) is 0 Å². The summed E-state index contributed by atoms with van der Waals surface area (Å²) in [6, 6.07) is 21.4. The lowest BCUT2D eigenvalue weighted by molar-refractivity contribution is -0.136. The van der Waals surface area contributed by atoms with Gasteiger partial charge in [0.15, 0.2) is 6.61 Å². The van der Waals surface area contributed by atoms with Gasteiger partial charge in [-0.15, -0.1) is 0 Å². The van der Waals surface area contributed by atoms with Gasteiger partial charge >= 0.3 is 11.8 Å². The normalized spacial score (nSPS) is 10.4. The summed E-state index contributed by atoms with van der Waals surface area (Å²) in [6.45, 7) is 0.422. The van der Waals surface area contributed by atoms with E-state index in [2.05, 4.69) is 21.2 Å². The minimum atomic E-state index is -0.952. The smallest absolute Gasteiger partial charge is 0.329 e. The number of ether oxygens (including phenoxy) is 3. The molecule has 0 atom stereocenters. The minimum Gasteiger partial charge on any atom is -0.497 e. The first-order valence-corrected chi connectivity index (χ1v) is 11.4. The zero-order chi connectivity index (χ0) is 26.5. The number of amides is 3. The van der Waals surface area contributed by atoms with Crippen molar-refractivity contribution in [3.05, 3.63) is 83.9 Å². The average molecular weight is 505 g/mol. The highest BCUT2D eigenvalue weighted by atomic mass is 16.5. The van der Waals surface area contributed by atoms with Crippen LogP contribution in [0.5, 0.6) is 17.2 Å². The Morgan fingerprint density at radius 2 is 1.59 bits per heavy atom. The van der Waals surface area contributed by atoms with Gasteiger partial charge in [-0.25, -0.2) is 5.43 Å². The second kappa shape index (κ2) is 13.9. The highest BCUT2D eigenvalue weighted by molar-refractivity contribution is 6.39. The molecule has 3 aromatic rings. The zero-order valence-corrected chi connectivity index (χ0v) is 20.5. The summed E-state index contributed by atoms with van der Waals surface area (Å²) < 4.78 is 15.8. The predicted molar refractivity (Wildman–Crippen MR) is 139 cm³/mol. The molecule has 0 aliphatic carbocycles. The molecule has 3 amide bonds. The monoisotopic (exact) mass is 504 g/mol. The average Bonchev–Trinajstić information content (AvgIpc) is 2.93. The molecule has 0 radical (unpaired) electrons. The minimum absolute atomic E-state index is 0.105. The topological polar surface area (TPSA) is 127 Å². The third-order valence-corrected chi connectivity index (χ3v) is 5.07. The summed E-state index contributed by atoms with van der Waals surface area (Å²) in [5.74, 6) is -0.681. The predicted octanol–water partition coefficient (Wildman–Crippen LogP) is 2.53. The van der Waals surface area contributed by atoms with E-state index in [4.69, 9.17) is 14.2 Å². The van der Waals surface area contributed by atoms with Gasteiger partial charge in [0.2, 0.25) is 0 Å². The Morgan fingerprint density at radius 1 is 0.865 bits per heavy atom. The van der Waals surface area contributed by atoms with E-state index >= 15 is 0 Å². The summed E-state index contributed by atoms with van der Waals surface area (Å²) in [4.78, 5) is 36.2. The van der Waals surface area contributed by atoms with Crippen LogP contribution in [0.15, 0.2) is 77.9 Å². The van der Waals surface area contributed by atoms with Crippen molar-refractivity contribution < 1.29 is 28.6 Å². The Balaban J connectivity index is 1.40. The molecule has 3 aromatic carbocycles. The molecule has 10 heteroatoms. The van der Waals surface area contributed by atoms with Gasteiger partial charge in [0.05, 0.1) is 26.1 Å². The molecule has 37 heavy (non-hydrogen) atoms. The molecule has 0 saturated carbocycles. The molecule has 3 rings (SSSR count). The van der Waals surface area contributed by atoms with Gasteiger partial charge in [0.25, 0.3) is 5.91 Å². The van der Waals surface area contributed by atoms with Crippen molar-refractivity contribution >= 4 is 29.6 Å². The van der Waals surface area contributed by atoms with E-state index in [1.165, 1.54) is 20.4 Å². The fraction of sp³-hybridized carbons (Fsp3) is 0.185. The van der Waals surface area contributed by atoms with Gasteiger partial charge in [-0.2, -0.15) is 5.10 Å². The van der Waals surface area contributed by atoms with Crippen LogP contribution in [0.2, 0.25) is 0 Å². The van der Waals surface area contributed by atoms with Crippen LogP contribution in [-0.4, -0.2) is 51.3 Å². The van der Waals surface area contributed by atoms with Gasteiger partial charge in [0.1, 0.15) is 17.2 Å². The molecule has 192 valence electrons. The molecule has 0 spiro atoms. The van der Waals surface area contributed by atoms with Crippen molar-refractivity contribution in [2.24, 2.45) is 5.10 Å². The Morgan fingerprint density at radius 3 is 2.30 bits per heavy atom. The molecular formula is C27H28N4O6. The van der Waals surface area contributed by atoms with Gasteiger partial charge in [-0.05, 0) is 53.9 Å². The zero-order valence-electron chi connectivity index (χ0n) is 20.5. The number of nitrogens with zero attached hydrogens (tertiary/aromatic N) is 1. The second-order valence-corrected chi connectivity index (χ2v) is 7.66. The van der Waals surface area contributed by atoms with Crippen LogP contribution in [0.1, 0.15) is 11.1 Å². The highest BCUT2D eigenvalue weighted by Crippen LogP contribution is 2.28. The highest BCUT2D eigenvalue weighted by Gasteiger charge is 2.15. The summed E-state index contributed by atoms with van der Waals surface area (Å²) in [6.07, 6.45) is 2.12. The van der Waals surface area contributed by atoms with Gasteiger partial charge < -0.3 is 24.8 Å². The number of carbonyl (C=O) groups is 3. The Hall–Kier alpha value is -4.86. The molecule has 0 heterocycles. The van der Waals surface area contributed by atoms with Crippen LogP contribution in [-0.2, 0) is 20.8 Å². The number of nitrogens with one attached hydrogen (secondary N) is 3. The molecule has 0 aliphatic rings. The lowest BCUT2D eigenvalue weighted by Gasteiger charge is -2.10. The fourth-order valence-electron chi connectivity index (χ4n) is 3.14. The molecular weight excluding hydrogens is 476 g/mol. The summed E-state index contributed by atoms with van der Waals surface area (Å²) in [7, 11) is 2.94. The van der Waals surface area contributed by atoms with Crippen molar-refractivity contribution in [2.75, 3.05) is 32.7 Å². The molecule has 0 unspecified atom stereocenters. The first-order chi connectivity index (χ1) is 18.0. The summed E-state index contributed by atoms with van der Waals surface area (Å²) >= 11 is 0. The molecule has 10 nitrogen and oxygen atoms in total. The second-order valence-electron chi connectivity index (χ2n) is 7.66. The first kappa shape index (κ1) is 26.7. The number of anilines is 1. The van der Waals surface area contributed by atoms with Crippen molar-refractivity contribution in [2.45, 2.75) is 6.42 Å². The maximum atomic E-state index is 12.2. The van der Waals surface area contributed by atoms with E-state index in [9.17, 15) is 14.4 Å². The SMILES string of the molecule is COc1ccc(NC(=O)C(=O)N/N=C\c2ccc(OCC(=O)NCCc3ccccc3)cc2)c(OC)c1. The molecule has 0 bridgehead atoms. The van der Waals surface area contributed by atoms with Crippen LogP contribution in [0.3, 0.4) is 0 Å². The lowest BCUT2D eigenvalue weighted by atomic mass is 10.1. The quantitative estimate of drug-likeness (QED) is 0.209. The van der Waals surface area contributed by atoms with E-state index in [0.717, 1.165) is 12.0 Å². The largest absolute Gasteiger partial charge is 0.497 e. The van der Waals surface area contributed by atoms with Crippen LogP contribution >= 0.6 is 0 Å². The number of rotatable bonds is 11. The lowest BCUT2D eigenvalue weighted by Crippen LogP contribution is -2.32. The maximum absolute atomic E-state index is 12.2. The Bertz CT molecular complexity index is 1230. The maximum Gasteiger partial charge on any atom is 0.329 e. The van der Waals surface area contributed by atoms with E-state index in [-0.39, 0.29) is 12.5 Å². The van der Waals surface area contributed by atoms with Crippen molar-refractivity contribution in [1.29, 1.82) is 0 Å². The van der Waals surface area contributed by atoms with E-state index < -0.39 is 11.8 Å². The fourth-order valence-corrected chi connectivity index (χ4v) is 3.14. The number of benzene rings is 3. The Kier molecular flexibility index (Phi) is 10.0. The summed E-state index contributed by atoms with van der Waals surface area (Å²) in [5, 5.41) is 9.07.